The average molecular weight is 410 g/mol. The van der Waals surface area contributed by atoms with E-state index in [0.717, 1.165) is 20.8 Å². The quantitative estimate of drug-likeness (QED) is 0.355. The van der Waals surface area contributed by atoms with E-state index in [1.807, 2.05) is 5.38 Å². The lowest BCUT2D eigenvalue weighted by atomic mass is 10.3. The summed E-state index contributed by atoms with van der Waals surface area (Å²) in [6.07, 6.45) is 4.45. The first-order valence-corrected chi connectivity index (χ1v) is 10.9. The van der Waals surface area contributed by atoms with E-state index in [1.54, 1.807) is 17.4 Å². The van der Waals surface area contributed by atoms with Gasteiger partial charge in [0.2, 0.25) is 16.9 Å². The molecule has 0 saturated heterocycles. The van der Waals surface area contributed by atoms with Crippen molar-refractivity contribution in [2.24, 2.45) is 0 Å². The van der Waals surface area contributed by atoms with Crippen molar-refractivity contribution in [3.8, 4) is 0 Å². The van der Waals surface area contributed by atoms with Gasteiger partial charge in [0.25, 0.3) is 0 Å². The van der Waals surface area contributed by atoms with E-state index in [2.05, 4.69) is 32.4 Å². The maximum Gasteiger partial charge on any atom is 0.226 e. The smallest absolute Gasteiger partial charge is 0.226 e. The first-order valence-electron chi connectivity index (χ1n) is 8.22. The van der Waals surface area contributed by atoms with E-state index in [0.29, 0.717) is 17.6 Å². The monoisotopic (exact) mass is 409 g/mol. The summed E-state index contributed by atoms with van der Waals surface area (Å²) in [5.41, 5.74) is 0.883. The van der Waals surface area contributed by atoms with Crippen molar-refractivity contribution in [3.63, 3.8) is 0 Å². The number of carbonyl (C=O) groups excluding carboxylic acids is 2. The Labute approximate surface area is 163 Å². The molecule has 0 aliphatic heterocycles. The van der Waals surface area contributed by atoms with E-state index in [1.165, 1.54) is 35.9 Å². The van der Waals surface area contributed by atoms with Crippen molar-refractivity contribution in [2.75, 3.05) is 11.1 Å². The number of thioether (sulfide) groups is 1. The average Bonchev–Trinajstić information content (AvgIpc) is 3.21. The molecule has 0 bridgehead atoms. The summed E-state index contributed by atoms with van der Waals surface area (Å²) in [6, 6.07) is 0. The zero-order valence-electron chi connectivity index (χ0n) is 14.1. The van der Waals surface area contributed by atoms with Gasteiger partial charge >= 0.3 is 0 Å². The Morgan fingerprint density at radius 2 is 2.12 bits per heavy atom. The molecule has 0 atom stereocenters. The minimum Gasteiger partial charge on any atom is -0.350 e. The predicted octanol–water partition coefficient (Wildman–Crippen LogP) is 3.19. The molecule has 1 fully saturated rings. The number of nitrogens with zero attached hydrogens (tertiary/aromatic N) is 3. The first-order chi connectivity index (χ1) is 12.6. The molecule has 1 aliphatic carbocycles. The molecule has 7 nitrogen and oxygen atoms in total. The fourth-order valence-corrected chi connectivity index (χ4v) is 4.58. The molecule has 2 N–H and O–H groups in total. The van der Waals surface area contributed by atoms with E-state index >= 15 is 0 Å². The standard InChI is InChI=1S/C16H19N5O2S3/c1-2-7-24-16-21-20-15(26-16)19-13(23)6-5-12(22)17-8-11-9-25-14(18-11)10-3-4-10/h2,9-10H,1,3-8H2,(H,17,22)(H,19,20,23). The molecule has 2 aromatic rings. The second-order valence-corrected chi connectivity index (χ2v) is 8.88. The topological polar surface area (TPSA) is 96.9 Å². The molecule has 0 unspecified atom stereocenters. The molecule has 2 heterocycles. The highest BCUT2D eigenvalue weighted by atomic mass is 32.2. The van der Waals surface area contributed by atoms with Crippen molar-refractivity contribution in [1.82, 2.24) is 20.5 Å². The van der Waals surface area contributed by atoms with Crippen LogP contribution in [0.2, 0.25) is 0 Å². The Hall–Kier alpha value is -1.78. The Bertz CT molecular complexity index is 784. The van der Waals surface area contributed by atoms with Crippen LogP contribution in [0.1, 0.15) is 42.3 Å². The molecule has 3 rings (SSSR count). The van der Waals surface area contributed by atoms with Crippen LogP contribution < -0.4 is 10.6 Å². The van der Waals surface area contributed by atoms with Crippen LogP contribution in [0.4, 0.5) is 5.13 Å². The predicted molar refractivity (Wildman–Crippen MR) is 105 cm³/mol. The highest BCUT2D eigenvalue weighted by Crippen LogP contribution is 2.41. The van der Waals surface area contributed by atoms with Gasteiger partial charge in [-0.1, -0.05) is 29.2 Å². The van der Waals surface area contributed by atoms with Gasteiger partial charge in [0.05, 0.1) is 17.2 Å². The Balaban J connectivity index is 1.34. The van der Waals surface area contributed by atoms with Crippen molar-refractivity contribution in [3.05, 3.63) is 28.7 Å². The lowest BCUT2D eigenvalue weighted by molar-refractivity contribution is -0.124. The summed E-state index contributed by atoms with van der Waals surface area (Å²) in [4.78, 5) is 28.3. The zero-order chi connectivity index (χ0) is 18.4. The van der Waals surface area contributed by atoms with Gasteiger partial charge < -0.3 is 10.6 Å². The largest absolute Gasteiger partial charge is 0.350 e. The Kier molecular flexibility index (Phi) is 6.75. The third-order valence-corrected chi connectivity index (χ3v) is 6.54. The van der Waals surface area contributed by atoms with Gasteiger partial charge in [-0.15, -0.1) is 28.1 Å². The van der Waals surface area contributed by atoms with Crippen LogP contribution in [0, 0.1) is 0 Å². The van der Waals surface area contributed by atoms with Gasteiger partial charge in [0.15, 0.2) is 4.34 Å². The summed E-state index contributed by atoms with van der Waals surface area (Å²) in [5, 5.41) is 16.9. The molecule has 0 radical (unpaired) electrons. The van der Waals surface area contributed by atoms with Gasteiger partial charge in [-0.25, -0.2) is 4.98 Å². The number of anilines is 1. The molecule has 2 aromatic heterocycles. The van der Waals surface area contributed by atoms with Crippen LogP contribution in [-0.4, -0.2) is 32.7 Å². The minimum absolute atomic E-state index is 0.102. The van der Waals surface area contributed by atoms with Crippen LogP contribution >= 0.6 is 34.4 Å². The number of carbonyl (C=O) groups is 2. The second kappa shape index (κ2) is 9.24. The van der Waals surface area contributed by atoms with Crippen molar-refractivity contribution in [1.29, 1.82) is 0 Å². The van der Waals surface area contributed by atoms with Crippen LogP contribution in [-0.2, 0) is 16.1 Å². The van der Waals surface area contributed by atoms with Gasteiger partial charge in [-0.05, 0) is 12.8 Å². The number of hydrogen-bond donors (Lipinski definition) is 2. The number of amides is 2. The first kappa shape index (κ1) is 19.0. The lowest BCUT2D eigenvalue weighted by Crippen LogP contribution is -2.24. The highest BCUT2D eigenvalue weighted by molar-refractivity contribution is 8.01. The molecule has 26 heavy (non-hydrogen) atoms. The molecule has 138 valence electrons. The van der Waals surface area contributed by atoms with Crippen LogP contribution in [0.25, 0.3) is 0 Å². The van der Waals surface area contributed by atoms with Gasteiger partial charge in [-0.2, -0.15) is 0 Å². The van der Waals surface area contributed by atoms with E-state index in [-0.39, 0.29) is 24.7 Å². The maximum atomic E-state index is 11.9. The van der Waals surface area contributed by atoms with Gasteiger partial charge in [0.1, 0.15) is 0 Å². The normalized spacial score (nSPS) is 13.4. The maximum absolute atomic E-state index is 11.9. The zero-order valence-corrected chi connectivity index (χ0v) is 16.5. The molecule has 1 saturated carbocycles. The SMILES string of the molecule is C=CCSc1nnc(NC(=O)CCC(=O)NCc2csc(C3CC3)n2)s1. The molecule has 0 spiro atoms. The summed E-state index contributed by atoms with van der Waals surface area (Å²) >= 11 is 4.46. The molecular formula is C16H19N5O2S3. The minimum atomic E-state index is -0.249. The van der Waals surface area contributed by atoms with E-state index in [9.17, 15) is 9.59 Å². The third kappa shape index (κ3) is 5.89. The second-order valence-electron chi connectivity index (χ2n) is 5.75. The summed E-state index contributed by atoms with van der Waals surface area (Å²) in [7, 11) is 0. The van der Waals surface area contributed by atoms with E-state index in [4.69, 9.17) is 0 Å². The molecule has 2 amide bonds. The van der Waals surface area contributed by atoms with E-state index < -0.39 is 0 Å². The van der Waals surface area contributed by atoms with Crippen molar-refractivity contribution in [2.45, 2.75) is 42.5 Å². The summed E-state index contributed by atoms with van der Waals surface area (Å²) in [5.74, 6) is 0.954. The number of rotatable bonds is 10. The Morgan fingerprint density at radius 1 is 1.31 bits per heavy atom. The molecule has 0 aromatic carbocycles. The van der Waals surface area contributed by atoms with Crippen molar-refractivity contribution >= 4 is 51.4 Å². The third-order valence-electron chi connectivity index (χ3n) is 3.52. The van der Waals surface area contributed by atoms with Crippen molar-refractivity contribution < 1.29 is 9.59 Å². The van der Waals surface area contributed by atoms with Crippen LogP contribution in [0.3, 0.4) is 0 Å². The molecule has 1 aliphatic rings. The number of nitrogens with one attached hydrogen (secondary N) is 2. The fraction of sp³-hybridized carbons (Fsp3) is 0.438. The molecular weight excluding hydrogens is 390 g/mol. The molecule has 10 heteroatoms. The fourth-order valence-electron chi connectivity index (χ4n) is 2.06. The summed E-state index contributed by atoms with van der Waals surface area (Å²) < 4.78 is 0.770. The van der Waals surface area contributed by atoms with Crippen LogP contribution in [0.15, 0.2) is 22.4 Å². The number of aromatic nitrogens is 3. The Morgan fingerprint density at radius 3 is 2.88 bits per heavy atom. The number of hydrogen-bond acceptors (Lipinski definition) is 8. The van der Waals surface area contributed by atoms with Gasteiger partial charge in [0, 0.05) is 29.9 Å². The van der Waals surface area contributed by atoms with Gasteiger partial charge in [-0.3, -0.25) is 9.59 Å². The lowest BCUT2D eigenvalue weighted by Gasteiger charge is -2.03. The summed E-state index contributed by atoms with van der Waals surface area (Å²) in [6.45, 7) is 4.05. The number of thiazole rings is 1. The highest BCUT2D eigenvalue weighted by Gasteiger charge is 2.26. The van der Waals surface area contributed by atoms with Crippen LogP contribution in [0.5, 0.6) is 0 Å².